The smallest absolute Gasteiger partial charge is 0.240 e. The van der Waals surface area contributed by atoms with Crippen molar-refractivity contribution in [3.8, 4) is 5.75 Å². The Morgan fingerprint density at radius 3 is 2.75 bits per heavy atom. The lowest BCUT2D eigenvalue weighted by atomic mass is 10.1. The van der Waals surface area contributed by atoms with Crippen LogP contribution in [0.25, 0.3) is 0 Å². The highest BCUT2D eigenvalue weighted by Crippen LogP contribution is 2.19. The van der Waals surface area contributed by atoms with Crippen LogP contribution in [0, 0.1) is 6.92 Å². The Morgan fingerprint density at radius 1 is 1.21 bits per heavy atom. The SMILES string of the molecule is Cc1ccc(S(=O)(=O)N[C@@H]2CCCN(Cc3cccc(OCCO)c3)C2)cc1. The third-order valence-electron chi connectivity index (χ3n) is 4.82. The normalized spacial score (nSPS) is 18.1. The van der Waals surface area contributed by atoms with Gasteiger partial charge in [-0.15, -0.1) is 0 Å². The van der Waals surface area contributed by atoms with Gasteiger partial charge >= 0.3 is 0 Å². The molecule has 1 atom stereocenters. The number of hydrogen-bond donors (Lipinski definition) is 2. The van der Waals surface area contributed by atoms with Gasteiger partial charge in [0.05, 0.1) is 11.5 Å². The van der Waals surface area contributed by atoms with Gasteiger partial charge in [-0.05, 0) is 56.1 Å². The molecule has 1 aliphatic heterocycles. The summed E-state index contributed by atoms with van der Waals surface area (Å²) in [4.78, 5) is 2.57. The minimum atomic E-state index is -3.51. The average molecular weight is 405 g/mol. The number of sulfonamides is 1. The summed E-state index contributed by atoms with van der Waals surface area (Å²) in [5.41, 5.74) is 2.14. The Labute approximate surface area is 167 Å². The molecular weight excluding hydrogens is 376 g/mol. The number of nitrogens with one attached hydrogen (secondary N) is 1. The standard InChI is InChI=1S/C21H28N2O4S/c1-17-7-9-21(10-8-17)28(25,26)22-19-5-3-11-23(16-19)15-18-4-2-6-20(14-18)27-13-12-24/h2,4,6-10,14,19,22,24H,3,5,11-13,15-16H2,1H3/t19-/m1/s1. The van der Waals surface area contributed by atoms with Crippen LogP contribution in [0.1, 0.15) is 24.0 Å². The fraction of sp³-hybridized carbons (Fsp3) is 0.429. The summed E-state index contributed by atoms with van der Waals surface area (Å²) in [5, 5.41) is 8.89. The highest BCUT2D eigenvalue weighted by atomic mass is 32.2. The van der Waals surface area contributed by atoms with E-state index in [9.17, 15) is 8.42 Å². The third kappa shape index (κ3) is 5.78. The van der Waals surface area contributed by atoms with Crippen molar-refractivity contribution in [2.75, 3.05) is 26.3 Å². The van der Waals surface area contributed by atoms with Crippen LogP contribution in [-0.2, 0) is 16.6 Å². The number of piperidine rings is 1. The maximum atomic E-state index is 12.7. The predicted octanol–water partition coefficient (Wildman–Crippen LogP) is 2.31. The fourth-order valence-electron chi connectivity index (χ4n) is 3.46. The third-order valence-corrected chi connectivity index (χ3v) is 6.36. The molecule has 152 valence electrons. The van der Waals surface area contributed by atoms with Gasteiger partial charge in [-0.1, -0.05) is 29.8 Å². The molecule has 6 nitrogen and oxygen atoms in total. The highest BCUT2D eigenvalue weighted by Gasteiger charge is 2.25. The van der Waals surface area contributed by atoms with E-state index in [4.69, 9.17) is 9.84 Å². The zero-order valence-electron chi connectivity index (χ0n) is 16.2. The van der Waals surface area contributed by atoms with Crippen LogP contribution in [0.4, 0.5) is 0 Å². The molecule has 1 heterocycles. The minimum absolute atomic E-state index is 0.0147. The number of nitrogens with zero attached hydrogens (tertiary/aromatic N) is 1. The van der Waals surface area contributed by atoms with Gasteiger partial charge in [-0.2, -0.15) is 0 Å². The molecule has 7 heteroatoms. The van der Waals surface area contributed by atoms with Gasteiger partial charge in [-0.25, -0.2) is 13.1 Å². The Kier molecular flexibility index (Phi) is 7.07. The Hall–Kier alpha value is -1.93. The molecule has 0 amide bonds. The number of rotatable bonds is 8. The quantitative estimate of drug-likeness (QED) is 0.706. The van der Waals surface area contributed by atoms with Gasteiger partial charge < -0.3 is 9.84 Å². The molecule has 2 N–H and O–H groups in total. The van der Waals surface area contributed by atoms with Gasteiger partial charge in [-0.3, -0.25) is 4.90 Å². The number of aliphatic hydroxyl groups is 1. The summed E-state index contributed by atoms with van der Waals surface area (Å²) in [6.07, 6.45) is 1.78. The van der Waals surface area contributed by atoms with Crippen molar-refractivity contribution in [3.05, 3.63) is 59.7 Å². The van der Waals surface area contributed by atoms with E-state index in [1.54, 1.807) is 12.1 Å². The lowest BCUT2D eigenvalue weighted by Gasteiger charge is -2.33. The van der Waals surface area contributed by atoms with Crippen LogP contribution >= 0.6 is 0 Å². The van der Waals surface area contributed by atoms with E-state index in [0.29, 0.717) is 11.4 Å². The minimum Gasteiger partial charge on any atom is -0.491 e. The van der Waals surface area contributed by atoms with E-state index >= 15 is 0 Å². The molecule has 0 aliphatic carbocycles. The lowest BCUT2D eigenvalue weighted by molar-refractivity contribution is 0.192. The van der Waals surface area contributed by atoms with E-state index in [-0.39, 0.29) is 19.3 Å². The summed E-state index contributed by atoms with van der Waals surface area (Å²) in [6.45, 7) is 4.54. The number of aliphatic hydroxyl groups excluding tert-OH is 1. The Balaban J connectivity index is 1.60. The number of hydrogen-bond acceptors (Lipinski definition) is 5. The van der Waals surface area contributed by atoms with E-state index in [2.05, 4.69) is 9.62 Å². The van der Waals surface area contributed by atoms with Gasteiger partial charge in [0, 0.05) is 19.1 Å². The van der Waals surface area contributed by atoms with Gasteiger partial charge in [0.2, 0.25) is 10.0 Å². The van der Waals surface area contributed by atoms with Crippen molar-refractivity contribution in [1.29, 1.82) is 0 Å². The Bertz CT molecular complexity index is 868. The van der Waals surface area contributed by atoms with Crippen molar-refractivity contribution in [1.82, 2.24) is 9.62 Å². The number of likely N-dealkylation sites (tertiary alicyclic amines) is 1. The maximum Gasteiger partial charge on any atom is 0.240 e. The molecule has 1 aliphatic rings. The van der Waals surface area contributed by atoms with Crippen LogP contribution in [-0.4, -0.2) is 50.8 Å². The average Bonchev–Trinajstić information content (AvgIpc) is 2.67. The molecule has 0 spiro atoms. The molecule has 1 fully saturated rings. The topological polar surface area (TPSA) is 78.9 Å². The molecule has 2 aromatic carbocycles. The summed E-state index contributed by atoms with van der Waals surface area (Å²) >= 11 is 0. The first-order valence-electron chi connectivity index (χ1n) is 9.60. The van der Waals surface area contributed by atoms with Crippen molar-refractivity contribution in [2.24, 2.45) is 0 Å². The molecule has 0 aromatic heterocycles. The second-order valence-electron chi connectivity index (χ2n) is 7.23. The van der Waals surface area contributed by atoms with Gasteiger partial charge in [0.25, 0.3) is 0 Å². The first kappa shape index (κ1) is 20.8. The summed E-state index contributed by atoms with van der Waals surface area (Å²) in [7, 11) is -3.51. The molecule has 3 rings (SSSR count). The molecule has 0 radical (unpaired) electrons. The zero-order chi connectivity index (χ0) is 20.0. The van der Waals surface area contributed by atoms with Crippen LogP contribution in [0.2, 0.25) is 0 Å². The number of aryl methyl sites for hydroxylation is 1. The van der Waals surface area contributed by atoms with Gasteiger partial charge in [0.1, 0.15) is 12.4 Å². The van der Waals surface area contributed by atoms with Crippen molar-refractivity contribution in [2.45, 2.75) is 37.2 Å². The molecule has 0 saturated carbocycles. The fourth-order valence-corrected chi connectivity index (χ4v) is 4.72. The predicted molar refractivity (Wildman–Crippen MR) is 109 cm³/mol. The Morgan fingerprint density at radius 2 is 2.00 bits per heavy atom. The summed E-state index contributed by atoms with van der Waals surface area (Å²) in [6, 6.07) is 14.6. The summed E-state index contributed by atoms with van der Waals surface area (Å²) < 4.78 is 33.6. The first-order valence-corrected chi connectivity index (χ1v) is 11.1. The molecular formula is C21H28N2O4S. The second-order valence-corrected chi connectivity index (χ2v) is 8.94. The van der Waals surface area contributed by atoms with E-state index in [0.717, 1.165) is 42.8 Å². The first-order chi connectivity index (χ1) is 13.5. The molecule has 2 aromatic rings. The van der Waals surface area contributed by atoms with Crippen LogP contribution in [0.5, 0.6) is 5.75 Å². The van der Waals surface area contributed by atoms with E-state index < -0.39 is 10.0 Å². The van der Waals surface area contributed by atoms with Crippen molar-refractivity contribution in [3.63, 3.8) is 0 Å². The molecule has 0 bridgehead atoms. The zero-order valence-corrected chi connectivity index (χ0v) is 17.0. The summed E-state index contributed by atoms with van der Waals surface area (Å²) in [5.74, 6) is 0.736. The maximum absolute atomic E-state index is 12.7. The van der Waals surface area contributed by atoms with E-state index in [1.165, 1.54) is 0 Å². The monoisotopic (exact) mass is 404 g/mol. The molecule has 28 heavy (non-hydrogen) atoms. The largest absolute Gasteiger partial charge is 0.491 e. The highest BCUT2D eigenvalue weighted by molar-refractivity contribution is 7.89. The van der Waals surface area contributed by atoms with Crippen molar-refractivity contribution >= 4 is 10.0 Å². The van der Waals surface area contributed by atoms with Crippen molar-refractivity contribution < 1.29 is 18.3 Å². The molecule has 1 saturated heterocycles. The molecule has 0 unspecified atom stereocenters. The van der Waals surface area contributed by atoms with Crippen LogP contribution < -0.4 is 9.46 Å². The van der Waals surface area contributed by atoms with E-state index in [1.807, 2.05) is 43.3 Å². The number of ether oxygens (including phenoxy) is 1. The van der Waals surface area contributed by atoms with Gasteiger partial charge in [0.15, 0.2) is 0 Å². The lowest BCUT2D eigenvalue weighted by Crippen LogP contribution is -2.47. The van der Waals surface area contributed by atoms with Crippen LogP contribution in [0.3, 0.4) is 0 Å². The number of benzene rings is 2. The second kappa shape index (κ2) is 9.52. The van der Waals surface area contributed by atoms with Crippen LogP contribution in [0.15, 0.2) is 53.4 Å².